The number of hydrogen-bond donors (Lipinski definition) is 0. The summed E-state index contributed by atoms with van der Waals surface area (Å²) in [6, 6.07) is 9.56. The van der Waals surface area contributed by atoms with Crippen molar-refractivity contribution in [1.29, 1.82) is 0 Å². The number of likely N-dealkylation sites (tertiary alicyclic amines) is 1. The molecule has 2 amide bonds. The van der Waals surface area contributed by atoms with E-state index in [1.54, 1.807) is 4.90 Å². The fourth-order valence-corrected chi connectivity index (χ4v) is 3.42. The fourth-order valence-electron chi connectivity index (χ4n) is 3.42. The molecular formula is C16H18N4O3. The van der Waals surface area contributed by atoms with Crippen molar-refractivity contribution in [2.75, 3.05) is 13.1 Å². The zero-order valence-electron chi connectivity index (χ0n) is 12.7. The molecule has 23 heavy (non-hydrogen) atoms. The summed E-state index contributed by atoms with van der Waals surface area (Å²) in [5.41, 5.74) is 9.30. The zero-order valence-corrected chi connectivity index (χ0v) is 12.7. The number of benzene rings is 1. The van der Waals surface area contributed by atoms with Gasteiger partial charge in [0.05, 0.1) is 0 Å². The molecule has 120 valence electrons. The summed E-state index contributed by atoms with van der Waals surface area (Å²) < 4.78 is 5.34. The van der Waals surface area contributed by atoms with Gasteiger partial charge in [0.2, 0.25) is 5.91 Å². The fraction of sp³-hybridized carbons (Fsp3) is 0.500. The average molecular weight is 314 g/mol. The van der Waals surface area contributed by atoms with E-state index >= 15 is 0 Å². The van der Waals surface area contributed by atoms with Crippen LogP contribution in [0, 0.1) is 17.8 Å². The van der Waals surface area contributed by atoms with Crippen LogP contribution in [0.1, 0.15) is 18.4 Å². The number of fused-ring (bicyclic) bond motifs is 1. The van der Waals surface area contributed by atoms with Crippen LogP contribution in [0.15, 0.2) is 35.4 Å². The maximum atomic E-state index is 12.1. The van der Waals surface area contributed by atoms with Gasteiger partial charge in [-0.3, -0.25) is 4.79 Å². The van der Waals surface area contributed by atoms with E-state index in [1.165, 1.54) is 0 Å². The molecule has 1 aliphatic carbocycles. The number of carbonyl (C=O) groups excluding carboxylic acids is 2. The van der Waals surface area contributed by atoms with Crippen LogP contribution >= 0.6 is 0 Å². The molecule has 7 nitrogen and oxygen atoms in total. The molecule has 1 unspecified atom stereocenters. The highest BCUT2D eigenvalue weighted by molar-refractivity contribution is 5.83. The van der Waals surface area contributed by atoms with Gasteiger partial charge >= 0.3 is 6.09 Å². The van der Waals surface area contributed by atoms with E-state index in [2.05, 4.69) is 10.0 Å². The minimum Gasteiger partial charge on any atom is -0.445 e. The van der Waals surface area contributed by atoms with Crippen molar-refractivity contribution >= 4 is 12.0 Å². The molecular weight excluding hydrogens is 296 g/mol. The summed E-state index contributed by atoms with van der Waals surface area (Å²) in [6.45, 7) is 1.42. The number of azide groups is 1. The highest BCUT2D eigenvalue weighted by atomic mass is 16.6. The lowest BCUT2D eigenvalue weighted by atomic mass is 10.2. The number of amides is 2. The number of hydrogen-bond acceptors (Lipinski definition) is 3. The summed E-state index contributed by atoms with van der Waals surface area (Å²) in [7, 11) is 0. The molecule has 1 aromatic rings. The van der Waals surface area contributed by atoms with Gasteiger partial charge in [-0.1, -0.05) is 30.3 Å². The lowest BCUT2D eigenvalue weighted by Crippen LogP contribution is -2.33. The van der Waals surface area contributed by atoms with Crippen LogP contribution in [0.2, 0.25) is 0 Å². The Labute approximate surface area is 133 Å². The van der Waals surface area contributed by atoms with Gasteiger partial charge in [0.1, 0.15) is 6.61 Å². The molecule has 1 aromatic carbocycles. The van der Waals surface area contributed by atoms with Crippen LogP contribution in [0.4, 0.5) is 4.79 Å². The second-order valence-electron chi connectivity index (χ2n) is 5.99. The van der Waals surface area contributed by atoms with E-state index < -0.39 is 0 Å². The van der Waals surface area contributed by atoms with Gasteiger partial charge in [-0.25, -0.2) is 4.79 Å². The van der Waals surface area contributed by atoms with Crippen LogP contribution in [0.3, 0.4) is 0 Å². The first-order valence-electron chi connectivity index (χ1n) is 7.75. The molecule has 1 saturated heterocycles. The molecule has 2 fully saturated rings. The smallest absolute Gasteiger partial charge is 0.410 e. The highest BCUT2D eigenvalue weighted by Gasteiger charge is 2.54. The molecule has 0 radical (unpaired) electrons. The standard InChI is InChI=1S/C16H18N4O3/c17-19-18-15(21)14-12-6-8-20(9-7-13(12)14)16(22)23-10-11-4-2-1-3-5-11/h1-5,12-14H,6-10H2/t12-,13+,14?. The molecule has 0 spiro atoms. The second-order valence-corrected chi connectivity index (χ2v) is 5.99. The highest BCUT2D eigenvalue weighted by Crippen LogP contribution is 2.52. The summed E-state index contributed by atoms with van der Waals surface area (Å²) in [4.78, 5) is 28.0. The SMILES string of the molecule is [N-]=[N+]=NC(=O)C1[C@H]2CCN(C(=O)OCc3ccccc3)CC[C@@H]12. The summed E-state index contributed by atoms with van der Waals surface area (Å²) in [5.74, 6) is -0.0316. The van der Waals surface area contributed by atoms with Crippen molar-refractivity contribution in [3.63, 3.8) is 0 Å². The Morgan fingerprint density at radius 3 is 2.48 bits per heavy atom. The van der Waals surface area contributed by atoms with E-state index in [-0.39, 0.29) is 36.4 Å². The molecule has 0 bridgehead atoms. The minimum absolute atomic E-state index is 0.145. The van der Waals surface area contributed by atoms with Crippen LogP contribution in [-0.4, -0.2) is 30.0 Å². The van der Waals surface area contributed by atoms with E-state index in [0.717, 1.165) is 18.4 Å². The third-order valence-electron chi connectivity index (χ3n) is 4.69. The Kier molecular flexibility index (Phi) is 4.48. The molecule has 1 aliphatic heterocycles. The number of ether oxygens (including phenoxy) is 1. The Morgan fingerprint density at radius 2 is 1.87 bits per heavy atom. The van der Waals surface area contributed by atoms with Crippen LogP contribution in [0.5, 0.6) is 0 Å². The van der Waals surface area contributed by atoms with E-state index in [0.29, 0.717) is 13.1 Å². The monoisotopic (exact) mass is 314 g/mol. The Hall–Kier alpha value is -2.53. The van der Waals surface area contributed by atoms with Gasteiger partial charge in [-0.15, -0.1) is 0 Å². The number of rotatable bonds is 3. The van der Waals surface area contributed by atoms with Crippen molar-refractivity contribution in [3.05, 3.63) is 46.3 Å². The Bertz CT molecular complexity index is 628. The number of nitrogens with zero attached hydrogens (tertiary/aromatic N) is 4. The third kappa shape index (κ3) is 3.46. The quantitative estimate of drug-likeness (QED) is 0.487. The molecule has 7 heteroatoms. The van der Waals surface area contributed by atoms with Crippen molar-refractivity contribution in [1.82, 2.24) is 4.90 Å². The van der Waals surface area contributed by atoms with Crippen molar-refractivity contribution in [2.45, 2.75) is 19.4 Å². The first-order chi connectivity index (χ1) is 11.2. The lowest BCUT2D eigenvalue weighted by molar-refractivity contribution is -0.119. The minimum atomic E-state index is -0.359. The predicted octanol–water partition coefficient (Wildman–Crippen LogP) is 3.12. The number of carbonyl (C=O) groups is 2. The summed E-state index contributed by atoms with van der Waals surface area (Å²) in [6.07, 6.45) is 1.19. The van der Waals surface area contributed by atoms with Crippen LogP contribution in [0.25, 0.3) is 10.4 Å². The van der Waals surface area contributed by atoms with Crippen LogP contribution < -0.4 is 0 Å². The van der Waals surface area contributed by atoms with Crippen molar-refractivity contribution in [3.8, 4) is 0 Å². The second kappa shape index (κ2) is 6.71. The average Bonchev–Trinajstić information content (AvgIpc) is 3.29. The predicted molar refractivity (Wildman–Crippen MR) is 82.1 cm³/mol. The van der Waals surface area contributed by atoms with Gasteiger partial charge in [0, 0.05) is 23.9 Å². The van der Waals surface area contributed by atoms with E-state index in [9.17, 15) is 9.59 Å². The molecule has 2 aliphatic rings. The van der Waals surface area contributed by atoms with E-state index in [4.69, 9.17) is 10.3 Å². The molecule has 1 heterocycles. The molecule has 0 N–H and O–H groups in total. The maximum absolute atomic E-state index is 12.1. The molecule has 1 saturated carbocycles. The summed E-state index contributed by atoms with van der Waals surface area (Å²) in [5, 5.41) is 3.19. The molecule has 3 atom stereocenters. The van der Waals surface area contributed by atoms with Crippen molar-refractivity contribution in [2.24, 2.45) is 22.9 Å². The molecule has 0 aromatic heterocycles. The first kappa shape index (κ1) is 15.4. The summed E-state index contributed by atoms with van der Waals surface area (Å²) >= 11 is 0. The largest absolute Gasteiger partial charge is 0.445 e. The van der Waals surface area contributed by atoms with Gasteiger partial charge in [0.25, 0.3) is 0 Å². The Morgan fingerprint density at radius 1 is 1.22 bits per heavy atom. The lowest BCUT2D eigenvalue weighted by Gasteiger charge is -2.21. The third-order valence-corrected chi connectivity index (χ3v) is 4.69. The van der Waals surface area contributed by atoms with Gasteiger partial charge in [-0.05, 0) is 40.9 Å². The maximum Gasteiger partial charge on any atom is 0.410 e. The van der Waals surface area contributed by atoms with Gasteiger partial charge in [-0.2, -0.15) is 0 Å². The van der Waals surface area contributed by atoms with E-state index in [1.807, 2.05) is 30.3 Å². The Balaban J connectivity index is 1.48. The van der Waals surface area contributed by atoms with Gasteiger partial charge in [0.15, 0.2) is 0 Å². The topological polar surface area (TPSA) is 95.4 Å². The first-order valence-corrected chi connectivity index (χ1v) is 7.75. The van der Waals surface area contributed by atoms with Crippen LogP contribution in [-0.2, 0) is 16.1 Å². The van der Waals surface area contributed by atoms with Crippen molar-refractivity contribution < 1.29 is 14.3 Å². The van der Waals surface area contributed by atoms with Gasteiger partial charge < -0.3 is 9.64 Å². The zero-order chi connectivity index (χ0) is 16.2. The normalized spacial score (nSPS) is 25.6. The molecule has 3 rings (SSSR count).